The number of ether oxygens (including phenoxy) is 1. The van der Waals surface area contributed by atoms with Crippen molar-refractivity contribution in [2.24, 2.45) is 0 Å². The molecule has 0 saturated heterocycles. The third-order valence-corrected chi connectivity index (χ3v) is 1.81. The molecule has 0 radical (unpaired) electrons. The van der Waals surface area contributed by atoms with E-state index in [0.717, 1.165) is 12.2 Å². The highest BCUT2D eigenvalue weighted by Gasteiger charge is 2.01. The minimum Gasteiger partial charge on any atom is -0.489 e. The van der Waals surface area contributed by atoms with E-state index in [1.54, 1.807) is 0 Å². The van der Waals surface area contributed by atoms with Gasteiger partial charge in [0, 0.05) is 0 Å². The van der Waals surface area contributed by atoms with Crippen LogP contribution in [0.2, 0.25) is 0 Å². The summed E-state index contributed by atoms with van der Waals surface area (Å²) in [4.78, 5) is 0. The van der Waals surface area contributed by atoms with Gasteiger partial charge >= 0.3 is 0 Å². The van der Waals surface area contributed by atoms with Crippen molar-refractivity contribution in [3.05, 3.63) is 42.0 Å². The van der Waals surface area contributed by atoms with Gasteiger partial charge in [0.1, 0.15) is 12.4 Å². The highest BCUT2D eigenvalue weighted by atomic mass is 16.5. The highest BCUT2D eigenvalue weighted by molar-refractivity contribution is 5.35. The van der Waals surface area contributed by atoms with Gasteiger partial charge < -0.3 is 4.74 Å². The lowest BCUT2D eigenvalue weighted by atomic mass is 10.1. The summed E-state index contributed by atoms with van der Waals surface area (Å²) in [6, 6.07) is 8.17. The van der Waals surface area contributed by atoms with E-state index in [9.17, 15) is 0 Å². The van der Waals surface area contributed by atoms with Gasteiger partial charge in [0.05, 0.1) is 0 Å². The molecule has 56 valence electrons. The molecule has 1 heteroatoms. The van der Waals surface area contributed by atoms with Crippen LogP contribution in [0.15, 0.2) is 36.4 Å². The maximum atomic E-state index is 5.46. The number of fused-ring (bicyclic) bond motifs is 1. The first-order chi connectivity index (χ1) is 5.47. The van der Waals surface area contributed by atoms with Gasteiger partial charge in [0.25, 0.3) is 0 Å². The van der Waals surface area contributed by atoms with Gasteiger partial charge in [-0.25, -0.2) is 0 Å². The quantitative estimate of drug-likeness (QED) is 0.510. The Bertz CT molecular complexity index is 276. The van der Waals surface area contributed by atoms with Crippen LogP contribution in [0.4, 0.5) is 0 Å². The van der Waals surface area contributed by atoms with E-state index < -0.39 is 0 Å². The van der Waals surface area contributed by atoms with E-state index in [4.69, 9.17) is 4.74 Å². The van der Waals surface area contributed by atoms with Gasteiger partial charge in [0.2, 0.25) is 0 Å². The number of rotatable bonds is 0. The summed E-state index contributed by atoms with van der Waals surface area (Å²) in [6.07, 6.45) is 5.20. The van der Waals surface area contributed by atoms with Crippen molar-refractivity contribution in [2.45, 2.75) is 6.42 Å². The van der Waals surface area contributed by atoms with Crippen molar-refractivity contribution in [1.29, 1.82) is 0 Å². The van der Waals surface area contributed by atoms with Crippen LogP contribution >= 0.6 is 0 Å². The Hall–Kier alpha value is -1.24. The van der Waals surface area contributed by atoms with Gasteiger partial charge in [0.15, 0.2) is 0 Å². The lowest BCUT2D eigenvalue weighted by Crippen LogP contribution is -1.92. The van der Waals surface area contributed by atoms with Crippen LogP contribution in [-0.2, 0) is 6.42 Å². The summed E-state index contributed by atoms with van der Waals surface area (Å²) in [5, 5.41) is 0. The molecule has 0 amide bonds. The lowest BCUT2D eigenvalue weighted by Gasteiger charge is -2.04. The first kappa shape index (κ1) is 6.47. The monoisotopic (exact) mass is 146 g/mol. The van der Waals surface area contributed by atoms with Crippen LogP contribution in [0.25, 0.3) is 0 Å². The summed E-state index contributed by atoms with van der Waals surface area (Å²) in [5.74, 6) is 1.03. The third-order valence-electron chi connectivity index (χ3n) is 1.81. The van der Waals surface area contributed by atoms with Crippen molar-refractivity contribution < 1.29 is 4.74 Å². The Labute approximate surface area is 66.3 Å². The molecule has 0 aliphatic carbocycles. The highest BCUT2D eigenvalue weighted by Crippen LogP contribution is 2.20. The van der Waals surface area contributed by atoms with Crippen LogP contribution in [0.1, 0.15) is 5.56 Å². The number of allylic oxidation sites excluding steroid dienone is 1. The predicted octanol–water partition coefficient (Wildman–Crippen LogP) is 2.18. The molecule has 0 spiro atoms. The fraction of sp³-hybridized carbons (Fsp3) is 0.200. The number of hydrogen-bond donors (Lipinski definition) is 0. The van der Waals surface area contributed by atoms with Gasteiger partial charge in [-0.05, 0) is 18.1 Å². The van der Waals surface area contributed by atoms with Gasteiger partial charge in [-0.1, -0.05) is 30.4 Å². The minimum absolute atomic E-state index is 0.705. The van der Waals surface area contributed by atoms with Crippen LogP contribution in [0.5, 0.6) is 5.75 Å². The molecule has 1 aliphatic rings. The molecule has 0 atom stereocenters. The van der Waals surface area contributed by atoms with Crippen molar-refractivity contribution >= 4 is 0 Å². The first-order valence-electron chi connectivity index (χ1n) is 3.82. The van der Waals surface area contributed by atoms with Crippen LogP contribution < -0.4 is 4.74 Å². The standard InChI is InChI=1S/C10H10O/c1-2-7-10-9(5-1)6-3-4-8-11-10/h1-5,7H,6,8H2. The summed E-state index contributed by atoms with van der Waals surface area (Å²) >= 11 is 0. The maximum Gasteiger partial charge on any atom is 0.123 e. The second kappa shape index (κ2) is 2.79. The van der Waals surface area contributed by atoms with E-state index in [2.05, 4.69) is 18.2 Å². The Morgan fingerprint density at radius 3 is 3.00 bits per heavy atom. The normalized spacial score (nSPS) is 14.9. The SMILES string of the molecule is C1=CCc2ccccc2OC1. The zero-order valence-corrected chi connectivity index (χ0v) is 6.29. The maximum absolute atomic E-state index is 5.46. The topological polar surface area (TPSA) is 9.23 Å². The second-order valence-electron chi connectivity index (χ2n) is 2.59. The molecular weight excluding hydrogens is 136 g/mol. The number of hydrogen-bond acceptors (Lipinski definition) is 1. The minimum atomic E-state index is 0.705. The van der Waals surface area contributed by atoms with Crippen molar-refractivity contribution in [2.75, 3.05) is 6.61 Å². The average Bonchev–Trinajstić information content (AvgIpc) is 2.28. The van der Waals surface area contributed by atoms with Crippen LogP contribution in [0.3, 0.4) is 0 Å². The number of para-hydroxylation sites is 1. The molecule has 1 aromatic rings. The Morgan fingerprint density at radius 2 is 2.00 bits per heavy atom. The fourth-order valence-corrected chi connectivity index (χ4v) is 1.23. The zero-order valence-electron chi connectivity index (χ0n) is 6.29. The Morgan fingerprint density at radius 1 is 1.09 bits per heavy atom. The van der Waals surface area contributed by atoms with E-state index in [1.807, 2.05) is 18.2 Å². The largest absolute Gasteiger partial charge is 0.489 e. The molecule has 1 aromatic carbocycles. The summed E-state index contributed by atoms with van der Waals surface area (Å²) in [7, 11) is 0. The summed E-state index contributed by atoms with van der Waals surface area (Å²) in [6.45, 7) is 0.705. The molecule has 0 saturated carbocycles. The molecule has 0 aromatic heterocycles. The third kappa shape index (κ3) is 1.27. The second-order valence-corrected chi connectivity index (χ2v) is 2.59. The molecule has 1 nitrogen and oxygen atoms in total. The molecule has 0 unspecified atom stereocenters. The molecule has 2 rings (SSSR count). The van der Waals surface area contributed by atoms with E-state index in [-0.39, 0.29) is 0 Å². The first-order valence-corrected chi connectivity index (χ1v) is 3.82. The van der Waals surface area contributed by atoms with E-state index >= 15 is 0 Å². The molecule has 1 heterocycles. The molecule has 11 heavy (non-hydrogen) atoms. The van der Waals surface area contributed by atoms with Crippen molar-refractivity contribution in [3.8, 4) is 5.75 Å². The van der Waals surface area contributed by atoms with Gasteiger partial charge in [-0.2, -0.15) is 0 Å². The zero-order chi connectivity index (χ0) is 7.52. The van der Waals surface area contributed by atoms with E-state index in [0.29, 0.717) is 6.61 Å². The average molecular weight is 146 g/mol. The molecule has 0 fully saturated rings. The molecule has 1 aliphatic heterocycles. The van der Waals surface area contributed by atoms with Gasteiger partial charge in [-0.15, -0.1) is 0 Å². The molecular formula is C10H10O. The molecule has 0 bridgehead atoms. The van der Waals surface area contributed by atoms with E-state index in [1.165, 1.54) is 5.56 Å². The van der Waals surface area contributed by atoms with Crippen molar-refractivity contribution in [3.63, 3.8) is 0 Å². The van der Waals surface area contributed by atoms with Gasteiger partial charge in [-0.3, -0.25) is 0 Å². The Balaban J connectivity index is 2.40. The number of benzene rings is 1. The smallest absolute Gasteiger partial charge is 0.123 e. The van der Waals surface area contributed by atoms with Crippen molar-refractivity contribution in [1.82, 2.24) is 0 Å². The predicted molar refractivity (Wildman–Crippen MR) is 44.8 cm³/mol. The lowest BCUT2D eigenvalue weighted by molar-refractivity contribution is 0.362. The fourth-order valence-electron chi connectivity index (χ4n) is 1.23. The molecule has 0 N–H and O–H groups in total. The summed E-state index contributed by atoms with van der Waals surface area (Å²) in [5.41, 5.74) is 1.28. The summed E-state index contributed by atoms with van der Waals surface area (Å²) < 4.78 is 5.46. The van der Waals surface area contributed by atoms with Crippen LogP contribution in [-0.4, -0.2) is 6.61 Å². The Kier molecular flexibility index (Phi) is 1.64. The van der Waals surface area contributed by atoms with Crippen LogP contribution in [0, 0.1) is 0 Å².